The van der Waals surface area contributed by atoms with E-state index in [4.69, 9.17) is 9.84 Å². The zero-order chi connectivity index (χ0) is 21.7. The average Bonchev–Trinajstić information content (AvgIpc) is 2.71. The van der Waals surface area contributed by atoms with E-state index in [0.29, 0.717) is 5.75 Å². The Morgan fingerprint density at radius 1 is 0.867 bits per heavy atom. The summed E-state index contributed by atoms with van der Waals surface area (Å²) in [6.45, 7) is 1.50. The van der Waals surface area contributed by atoms with Crippen molar-refractivity contribution >= 4 is 5.97 Å². The highest BCUT2D eigenvalue weighted by Gasteiger charge is 2.29. The molecular weight excluding hydrogens is 393 g/mol. The molecule has 3 nitrogen and oxygen atoms in total. The third-order valence-corrected chi connectivity index (χ3v) is 4.79. The van der Waals surface area contributed by atoms with Crippen LogP contribution in [0.5, 0.6) is 5.75 Å². The van der Waals surface area contributed by atoms with Crippen molar-refractivity contribution in [3.63, 3.8) is 0 Å². The summed E-state index contributed by atoms with van der Waals surface area (Å²) in [5.41, 5.74) is 4.06. The lowest BCUT2D eigenvalue weighted by Crippen LogP contribution is -2.10. The summed E-state index contributed by atoms with van der Waals surface area (Å²) in [6, 6.07) is 18.6. The third-order valence-electron chi connectivity index (χ3n) is 4.79. The summed E-state index contributed by atoms with van der Waals surface area (Å²) in [5, 5.41) is 8.70. The summed E-state index contributed by atoms with van der Waals surface area (Å²) >= 11 is 0. The van der Waals surface area contributed by atoms with Gasteiger partial charge in [-0.2, -0.15) is 13.2 Å². The minimum Gasteiger partial charge on any atom is -0.482 e. The van der Waals surface area contributed by atoms with Crippen LogP contribution < -0.4 is 4.74 Å². The molecule has 0 heterocycles. The zero-order valence-electron chi connectivity index (χ0n) is 16.4. The number of rotatable bonds is 7. The van der Waals surface area contributed by atoms with Gasteiger partial charge in [0.2, 0.25) is 0 Å². The average molecular weight is 414 g/mol. The number of carbonyl (C=O) groups is 1. The lowest BCUT2D eigenvalue weighted by molar-refractivity contribution is -0.139. The number of carboxylic acid groups (broad SMARTS) is 1. The van der Waals surface area contributed by atoms with Gasteiger partial charge < -0.3 is 9.84 Å². The lowest BCUT2D eigenvalue weighted by atomic mass is 9.99. The predicted molar refractivity (Wildman–Crippen MR) is 109 cm³/mol. The van der Waals surface area contributed by atoms with Crippen molar-refractivity contribution in [3.8, 4) is 16.9 Å². The van der Waals surface area contributed by atoms with Crippen LogP contribution in [0.3, 0.4) is 0 Å². The van der Waals surface area contributed by atoms with Gasteiger partial charge in [0.1, 0.15) is 5.75 Å². The Labute approximate surface area is 172 Å². The molecular formula is C24H21F3O3. The maximum Gasteiger partial charge on any atom is 0.416 e. The van der Waals surface area contributed by atoms with E-state index in [2.05, 4.69) is 0 Å². The van der Waals surface area contributed by atoms with Gasteiger partial charge in [-0.15, -0.1) is 0 Å². The Kier molecular flexibility index (Phi) is 6.45. The van der Waals surface area contributed by atoms with Crippen LogP contribution in [0.1, 0.15) is 22.3 Å². The number of alkyl halides is 3. The van der Waals surface area contributed by atoms with Crippen molar-refractivity contribution in [3.05, 3.63) is 89.0 Å². The molecule has 0 fully saturated rings. The van der Waals surface area contributed by atoms with Crippen LogP contribution in [0.25, 0.3) is 11.1 Å². The van der Waals surface area contributed by atoms with Gasteiger partial charge in [-0.3, -0.25) is 0 Å². The second kappa shape index (κ2) is 9.03. The molecule has 0 unspecified atom stereocenters. The van der Waals surface area contributed by atoms with Crippen LogP contribution in [-0.4, -0.2) is 17.7 Å². The van der Waals surface area contributed by atoms with Crippen LogP contribution in [0.4, 0.5) is 13.2 Å². The standard InChI is InChI=1S/C24H21F3O3/c1-16-14-18(6-13-22(16)30-15-23(28)29)3-2-17-4-7-19(8-5-17)20-9-11-21(12-10-20)24(25,26)27/h4-14H,2-3,15H2,1H3,(H,28,29). The molecule has 30 heavy (non-hydrogen) atoms. The number of hydrogen-bond donors (Lipinski definition) is 1. The summed E-state index contributed by atoms with van der Waals surface area (Å²) in [4.78, 5) is 10.6. The third kappa shape index (κ3) is 5.63. The largest absolute Gasteiger partial charge is 0.482 e. The first kappa shape index (κ1) is 21.4. The Morgan fingerprint density at radius 3 is 1.93 bits per heavy atom. The summed E-state index contributed by atoms with van der Waals surface area (Å²) in [7, 11) is 0. The Hall–Kier alpha value is -3.28. The van der Waals surface area contributed by atoms with Crippen molar-refractivity contribution in [2.75, 3.05) is 6.61 Å². The minimum atomic E-state index is -4.33. The summed E-state index contributed by atoms with van der Waals surface area (Å²) < 4.78 is 43.3. The van der Waals surface area contributed by atoms with Gasteiger partial charge in [-0.05, 0) is 65.8 Å². The topological polar surface area (TPSA) is 46.5 Å². The molecule has 0 bridgehead atoms. The van der Waals surface area contributed by atoms with E-state index >= 15 is 0 Å². The van der Waals surface area contributed by atoms with Crippen molar-refractivity contribution in [1.82, 2.24) is 0 Å². The molecule has 0 saturated carbocycles. The Bertz CT molecular complexity index is 1010. The highest BCUT2D eigenvalue weighted by atomic mass is 19.4. The molecule has 6 heteroatoms. The first-order valence-corrected chi connectivity index (χ1v) is 9.43. The number of carboxylic acids is 1. The second-order valence-corrected chi connectivity index (χ2v) is 7.05. The van der Waals surface area contributed by atoms with Gasteiger partial charge in [0.25, 0.3) is 0 Å². The molecule has 0 spiro atoms. The SMILES string of the molecule is Cc1cc(CCc2ccc(-c3ccc(C(F)(F)F)cc3)cc2)ccc1OCC(=O)O. The van der Waals surface area contributed by atoms with Gasteiger partial charge in [-0.1, -0.05) is 48.5 Å². The molecule has 0 amide bonds. The Morgan fingerprint density at radius 2 is 1.40 bits per heavy atom. The zero-order valence-corrected chi connectivity index (χ0v) is 16.4. The van der Waals surface area contributed by atoms with Gasteiger partial charge >= 0.3 is 12.1 Å². The fourth-order valence-electron chi connectivity index (χ4n) is 3.17. The molecule has 0 saturated heterocycles. The first-order chi connectivity index (χ1) is 14.2. The van der Waals surface area contributed by atoms with Crippen LogP contribution >= 0.6 is 0 Å². The fraction of sp³-hybridized carbons (Fsp3) is 0.208. The number of hydrogen-bond acceptors (Lipinski definition) is 2. The van der Waals surface area contributed by atoms with E-state index in [1.54, 1.807) is 6.07 Å². The van der Waals surface area contributed by atoms with Gasteiger partial charge in [0, 0.05) is 0 Å². The molecule has 0 radical (unpaired) electrons. The van der Waals surface area contributed by atoms with E-state index in [1.807, 2.05) is 43.3 Å². The molecule has 0 aromatic heterocycles. The maximum absolute atomic E-state index is 12.7. The number of benzene rings is 3. The minimum absolute atomic E-state index is 0.370. The van der Waals surface area contributed by atoms with Crippen molar-refractivity contribution in [1.29, 1.82) is 0 Å². The Balaban J connectivity index is 1.61. The molecule has 0 aliphatic heterocycles. The van der Waals surface area contributed by atoms with Crippen LogP contribution in [0, 0.1) is 6.92 Å². The number of halogens is 3. The summed E-state index contributed by atoms with van der Waals surface area (Å²) in [5.74, 6) is -0.458. The highest BCUT2D eigenvalue weighted by Crippen LogP contribution is 2.31. The monoisotopic (exact) mass is 414 g/mol. The molecule has 0 aliphatic rings. The van der Waals surface area contributed by atoms with Crippen molar-refractivity contribution in [2.24, 2.45) is 0 Å². The van der Waals surface area contributed by atoms with E-state index in [1.165, 1.54) is 12.1 Å². The van der Waals surface area contributed by atoms with Gasteiger partial charge in [0.15, 0.2) is 6.61 Å². The molecule has 0 aliphatic carbocycles. The maximum atomic E-state index is 12.7. The van der Waals surface area contributed by atoms with E-state index in [-0.39, 0.29) is 6.61 Å². The highest BCUT2D eigenvalue weighted by molar-refractivity contribution is 5.68. The number of aliphatic carboxylic acids is 1. The molecule has 1 N–H and O–H groups in total. The number of ether oxygens (including phenoxy) is 1. The van der Waals surface area contributed by atoms with Crippen LogP contribution in [-0.2, 0) is 23.8 Å². The van der Waals surface area contributed by atoms with Crippen molar-refractivity contribution < 1.29 is 27.8 Å². The number of aryl methyl sites for hydroxylation is 3. The van der Waals surface area contributed by atoms with Crippen molar-refractivity contribution in [2.45, 2.75) is 25.9 Å². The molecule has 3 aromatic carbocycles. The second-order valence-electron chi connectivity index (χ2n) is 7.05. The fourth-order valence-corrected chi connectivity index (χ4v) is 3.17. The van der Waals surface area contributed by atoms with E-state index in [0.717, 1.165) is 52.8 Å². The normalized spacial score (nSPS) is 11.3. The van der Waals surface area contributed by atoms with Gasteiger partial charge in [0.05, 0.1) is 5.56 Å². The van der Waals surface area contributed by atoms with Crippen LogP contribution in [0.15, 0.2) is 66.7 Å². The molecule has 0 atom stereocenters. The van der Waals surface area contributed by atoms with E-state index < -0.39 is 17.7 Å². The summed E-state index contributed by atoms with van der Waals surface area (Å²) in [6.07, 6.45) is -2.72. The quantitative estimate of drug-likeness (QED) is 0.521. The first-order valence-electron chi connectivity index (χ1n) is 9.43. The van der Waals surface area contributed by atoms with E-state index in [9.17, 15) is 18.0 Å². The smallest absolute Gasteiger partial charge is 0.416 e. The molecule has 156 valence electrons. The molecule has 3 rings (SSSR count). The molecule has 3 aromatic rings. The van der Waals surface area contributed by atoms with Gasteiger partial charge in [-0.25, -0.2) is 4.79 Å². The predicted octanol–water partition coefficient (Wildman–Crippen LogP) is 5.93. The van der Waals surface area contributed by atoms with Crippen LogP contribution in [0.2, 0.25) is 0 Å². The lowest BCUT2D eigenvalue weighted by Gasteiger charge is -2.10.